The van der Waals surface area contributed by atoms with E-state index in [1.54, 1.807) is 30.2 Å². The van der Waals surface area contributed by atoms with Gasteiger partial charge in [0.05, 0.1) is 12.7 Å². The molecule has 3 rings (SSSR count). The fraction of sp³-hybridized carbons (Fsp3) is 0.562. The van der Waals surface area contributed by atoms with Gasteiger partial charge in [-0.1, -0.05) is 6.07 Å². The maximum Gasteiger partial charge on any atom is 0.254 e. The number of piperidine rings is 1. The van der Waals surface area contributed by atoms with Crippen molar-refractivity contribution in [2.45, 2.75) is 31.0 Å². The molecular formula is C16H21NO4. The molecule has 0 radical (unpaired) electrons. The first-order valence-corrected chi connectivity index (χ1v) is 7.40. The van der Waals surface area contributed by atoms with E-state index in [9.17, 15) is 9.90 Å². The van der Waals surface area contributed by atoms with Gasteiger partial charge in [-0.15, -0.1) is 0 Å². The maximum absolute atomic E-state index is 12.5. The molecule has 21 heavy (non-hydrogen) atoms. The molecule has 0 unspecified atom stereocenters. The van der Waals surface area contributed by atoms with Gasteiger partial charge in [0.2, 0.25) is 0 Å². The average Bonchev–Trinajstić information content (AvgIpc) is 2.99. The first-order valence-electron chi connectivity index (χ1n) is 7.40. The number of carbonyl (C=O) groups excluding carboxylic acids is 1. The molecule has 2 fully saturated rings. The van der Waals surface area contributed by atoms with Crippen LogP contribution in [-0.4, -0.2) is 54.4 Å². The van der Waals surface area contributed by atoms with Crippen molar-refractivity contribution in [1.82, 2.24) is 4.90 Å². The topological polar surface area (TPSA) is 59.0 Å². The molecule has 1 amide bonds. The minimum absolute atomic E-state index is 0.0687. The third kappa shape index (κ3) is 2.63. The molecule has 2 aliphatic rings. The number of rotatable bonds is 2. The van der Waals surface area contributed by atoms with Crippen molar-refractivity contribution in [3.63, 3.8) is 0 Å². The molecule has 5 nitrogen and oxygen atoms in total. The molecule has 114 valence electrons. The number of benzene rings is 1. The maximum atomic E-state index is 12.5. The normalized spacial score (nSPS) is 28.9. The third-order valence-corrected chi connectivity index (χ3v) is 4.54. The molecule has 0 aromatic heterocycles. The average molecular weight is 291 g/mol. The minimum Gasteiger partial charge on any atom is -0.497 e. The van der Waals surface area contributed by atoms with E-state index >= 15 is 0 Å². The van der Waals surface area contributed by atoms with Gasteiger partial charge in [0.15, 0.2) is 0 Å². The number of hydrogen-bond donors (Lipinski definition) is 1. The Morgan fingerprint density at radius 1 is 1.48 bits per heavy atom. The lowest BCUT2D eigenvalue weighted by Gasteiger charge is -2.42. The van der Waals surface area contributed by atoms with Crippen LogP contribution in [0.3, 0.4) is 0 Å². The molecule has 0 aliphatic carbocycles. The molecule has 2 heterocycles. The highest BCUT2D eigenvalue weighted by Crippen LogP contribution is 2.36. The van der Waals surface area contributed by atoms with Gasteiger partial charge >= 0.3 is 0 Å². The second-order valence-electron chi connectivity index (χ2n) is 5.77. The smallest absolute Gasteiger partial charge is 0.254 e. The van der Waals surface area contributed by atoms with Gasteiger partial charge < -0.3 is 19.5 Å². The second kappa shape index (κ2) is 5.66. The molecule has 1 spiro atoms. The van der Waals surface area contributed by atoms with E-state index in [1.165, 1.54) is 0 Å². The number of amides is 1. The van der Waals surface area contributed by atoms with Crippen LogP contribution in [-0.2, 0) is 4.74 Å². The van der Waals surface area contributed by atoms with Gasteiger partial charge in [0.1, 0.15) is 11.9 Å². The largest absolute Gasteiger partial charge is 0.497 e. The quantitative estimate of drug-likeness (QED) is 0.896. The molecule has 1 aromatic carbocycles. The number of aliphatic hydroxyl groups excluding tert-OH is 1. The SMILES string of the molecule is COc1cccc(C(=O)N2CC[C@@]3(CCCO3)[C@@H](O)C2)c1. The number of methoxy groups -OCH3 is 1. The zero-order chi connectivity index (χ0) is 14.9. The van der Waals surface area contributed by atoms with Gasteiger partial charge in [0.25, 0.3) is 5.91 Å². The zero-order valence-corrected chi connectivity index (χ0v) is 12.2. The summed E-state index contributed by atoms with van der Waals surface area (Å²) in [6, 6.07) is 7.11. The Balaban J connectivity index is 1.71. The Morgan fingerprint density at radius 3 is 3.00 bits per heavy atom. The summed E-state index contributed by atoms with van der Waals surface area (Å²) >= 11 is 0. The van der Waals surface area contributed by atoms with Crippen molar-refractivity contribution in [2.75, 3.05) is 26.8 Å². The van der Waals surface area contributed by atoms with Crippen molar-refractivity contribution in [3.8, 4) is 5.75 Å². The number of hydrogen-bond acceptors (Lipinski definition) is 4. The summed E-state index contributed by atoms with van der Waals surface area (Å²) < 4.78 is 10.9. The van der Waals surface area contributed by atoms with Crippen LogP contribution in [0.5, 0.6) is 5.75 Å². The lowest BCUT2D eigenvalue weighted by molar-refractivity contribution is -0.122. The van der Waals surface area contributed by atoms with Gasteiger partial charge in [0, 0.05) is 25.3 Å². The Kier molecular flexibility index (Phi) is 3.87. The number of ether oxygens (including phenoxy) is 2. The molecule has 0 bridgehead atoms. The highest BCUT2D eigenvalue weighted by atomic mass is 16.5. The Labute approximate surface area is 124 Å². The van der Waals surface area contributed by atoms with E-state index in [1.807, 2.05) is 6.07 Å². The first-order chi connectivity index (χ1) is 10.1. The van der Waals surface area contributed by atoms with Crippen LogP contribution in [0.4, 0.5) is 0 Å². The van der Waals surface area contributed by atoms with Crippen LogP contribution >= 0.6 is 0 Å². The summed E-state index contributed by atoms with van der Waals surface area (Å²) in [4.78, 5) is 14.2. The van der Waals surface area contributed by atoms with Crippen molar-refractivity contribution in [3.05, 3.63) is 29.8 Å². The predicted octanol–water partition coefficient (Wildman–Crippen LogP) is 1.45. The Morgan fingerprint density at radius 2 is 2.33 bits per heavy atom. The summed E-state index contributed by atoms with van der Waals surface area (Å²) in [7, 11) is 1.58. The fourth-order valence-electron chi connectivity index (χ4n) is 3.26. The van der Waals surface area contributed by atoms with Crippen molar-refractivity contribution in [1.29, 1.82) is 0 Å². The van der Waals surface area contributed by atoms with Crippen LogP contribution in [0.25, 0.3) is 0 Å². The van der Waals surface area contributed by atoms with Crippen LogP contribution in [0, 0.1) is 0 Å². The van der Waals surface area contributed by atoms with Crippen LogP contribution in [0.1, 0.15) is 29.6 Å². The highest BCUT2D eigenvalue weighted by Gasteiger charge is 2.46. The Bertz CT molecular complexity index is 525. The molecule has 2 atom stereocenters. The molecule has 1 N–H and O–H groups in total. The van der Waals surface area contributed by atoms with Crippen LogP contribution in [0.2, 0.25) is 0 Å². The van der Waals surface area contributed by atoms with E-state index < -0.39 is 11.7 Å². The molecular weight excluding hydrogens is 270 g/mol. The third-order valence-electron chi connectivity index (χ3n) is 4.54. The first kappa shape index (κ1) is 14.4. The monoisotopic (exact) mass is 291 g/mol. The van der Waals surface area contributed by atoms with Crippen LogP contribution < -0.4 is 4.74 Å². The Hall–Kier alpha value is -1.59. The number of β-amino-alcohol motifs (C(OH)–C–C–N with tert-alkyl or cyclic N) is 1. The zero-order valence-electron chi connectivity index (χ0n) is 12.2. The highest BCUT2D eigenvalue weighted by molar-refractivity contribution is 5.94. The molecule has 1 aromatic rings. The molecule has 2 aliphatic heterocycles. The van der Waals surface area contributed by atoms with Gasteiger partial charge in [-0.2, -0.15) is 0 Å². The number of likely N-dealkylation sites (tertiary alicyclic amines) is 1. The van der Waals surface area contributed by atoms with Crippen molar-refractivity contribution >= 4 is 5.91 Å². The standard InChI is InChI=1S/C16H21NO4/c1-20-13-5-2-4-12(10-13)15(19)17-8-7-16(14(18)11-17)6-3-9-21-16/h2,4-5,10,14,18H,3,6-9,11H2,1H3/t14-,16-/m0/s1. The van der Waals surface area contributed by atoms with Gasteiger partial charge in [-0.05, 0) is 37.5 Å². The van der Waals surface area contributed by atoms with E-state index in [0.717, 1.165) is 12.8 Å². The summed E-state index contributed by atoms with van der Waals surface area (Å²) in [5.41, 5.74) is 0.162. The molecule has 0 saturated carbocycles. The number of nitrogens with zero attached hydrogens (tertiary/aromatic N) is 1. The van der Waals surface area contributed by atoms with Crippen LogP contribution in [0.15, 0.2) is 24.3 Å². The lowest BCUT2D eigenvalue weighted by Crippen LogP contribution is -2.56. The lowest BCUT2D eigenvalue weighted by atomic mass is 9.86. The van der Waals surface area contributed by atoms with E-state index in [2.05, 4.69) is 0 Å². The summed E-state index contributed by atoms with van der Waals surface area (Å²) in [5.74, 6) is 0.592. The van der Waals surface area contributed by atoms with Gasteiger partial charge in [-0.25, -0.2) is 0 Å². The summed E-state index contributed by atoms with van der Waals surface area (Å²) in [6.07, 6.45) is 1.96. The number of carbonyl (C=O) groups is 1. The molecule has 5 heteroatoms. The minimum atomic E-state index is -0.608. The van der Waals surface area contributed by atoms with E-state index in [0.29, 0.717) is 37.4 Å². The second-order valence-corrected chi connectivity index (χ2v) is 5.77. The molecule has 2 saturated heterocycles. The summed E-state index contributed by atoms with van der Waals surface area (Å²) in [6.45, 7) is 1.66. The van der Waals surface area contributed by atoms with E-state index in [-0.39, 0.29) is 5.91 Å². The number of aliphatic hydroxyl groups is 1. The summed E-state index contributed by atoms with van der Waals surface area (Å²) in [5, 5.41) is 10.4. The fourth-order valence-corrected chi connectivity index (χ4v) is 3.26. The predicted molar refractivity (Wildman–Crippen MR) is 77.4 cm³/mol. The van der Waals surface area contributed by atoms with Crippen molar-refractivity contribution < 1.29 is 19.4 Å². The van der Waals surface area contributed by atoms with Gasteiger partial charge in [-0.3, -0.25) is 4.79 Å². The van der Waals surface area contributed by atoms with E-state index in [4.69, 9.17) is 9.47 Å². The van der Waals surface area contributed by atoms with Crippen molar-refractivity contribution in [2.24, 2.45) is 0 Å².